The van der Waals surface area contributed by atoms with E-state index in [0.717, 1.165) is 15.6 Å². The van der Waals surface area contributed by atoms with Gasteiger partial charge in [-0.05, 0) is 56.4 Å². The molecule has 0 aliphatic carbocycles. The maximum atomic E-state index is 12.6. The number of Topliss-reactive ketones (excluding diaryl/α,β-unsaturated/α-hetero) is 1. The second-order valence-corrected chi connectivity index (χ2v) is 10.0. The van der Waals surface area contributed by atoms with Crippen LogP contribution in [0.25, 0.3) is 11.1 Å². The minimum absolute atomic E-state index is 0.141. The van der Waals surface area contributed by atoms with Gasteiger partial charge in [0.1, 0.15) is 11.6 Å². The van der Waals surface area contributed by atoms with Crippen molar-refractivity contribution in [2.75, 3.05) is 13.2 Å². The van der Waals surface area contributed by atoms with Crippen LogP contribution >= 0.6 is 15.9 Å². The molecule has 1 amide bonds. The second kappa shape index (κ2) is 9.86. The number of rotatable bonds is 5. The van der Waals surface area contributed by atoms with Gasteiger partial charge in [-0.15, -0.1) is 0 Å². The fourth-order valence-corrected chi connectivity index (χ4v) is 3.86. The van der Waals surface area contributed by atoms with Crippen molar-refractivity contribution < 1.29 is 23.9 Å². The van der Waals surface area contributed by atoms with Crippen LogP contribution in [0.4, 0.5) is 4.79 Å². The fraction of sp³-hybridized carbons (Fsp3) is 0.400. The lowest BCUT2D eigenvalue weighted by Crippen LogP contribution is -2.44. The molecule has 0 N–H and O–H groups in total. The van der Waals surface area contributed by atoms with Crippen LogP contribution in [-0.2, 0) is 14.3 Å². The highest BCUT2D eigenvalue weighted by Gasteiger charge is 2.41. The standard InChI is InChI=1S/C25H28BrNO5/c1-16-13-21(27(14-16)24(30)32-25(2,3)4)23(29)31-15-22(28)19-7-5-17(6-8-19)18-9-11-20(26)12-10-18/h5-12,16,21H,13-15H2,1-4H3/t16-,21-/m0/s1. The molecule has 1 aliphatic rings. The number of amides is 1. The van der Waals surface area contributed by atoms with Crippen LogP contribution < -0.4 is 0 Å². The summed E-state index contributed by atoms with van der Waals surface area (Å²) in [6, 6.07) is 14.3. The highest BCUT2D eigenvalue weighted by atomic mass is 79.9. The first-order valence-corrected chi connectivity index (χ1v) is 11.4. The Labute approximate surface area is 197 Å². The number of likely N-dealkylation sites (tertiary alicyclic amines) is 1. The Balaban J connectivity index is 1.59. The van der Waals surface area contributed by atoms with Gasteiger partial charge >= 0.3 is 12.1 Å². The lowest BCUT2D eigenvalue weighted by molar-refractivity contribution is -0.147. The highest BCUT2D eigenvalue weighted by Crippen LogP contribution is 2.26. The summed E-state index contributed by atoms with van der Waals surface area (Å²) in [4.78, 5) is 39.1. The quantitative estimate of drug-likeness (QED) is 0.400. The van der Waals surface area contributed by atoms with Crippen molar-refractivity contribution in [2.45, 2.75) is 45.8 Å². The predicted molar refractivity (Wildman–Crippen MR) is 125 cm³/mol. The van der Waals surface area contributed by atoms with E-state index in [0.29, 0.717) is 18.5 Å². The summed E-state index contributed by atoms with van der Waals surface area (Å²) in [5, 5.41) is 0. The number of halogens is 1. The molecule has 0 aromatic heterocycles. The van der Waals surface area contributed by atoms with Crippen molar-refractivity contribution in [3.8, 4) is 11.1 Å². The topological polar surface area (TPSA) is 72.9 Å². The third-order valence-corrected chi connectivity index (χ3v) is 5.67. The molecule has 7 heteroatoms. The number of esters is 1. The van der Waals surface area contributed by atoms with Gasteiger partial charge in [0.25, 0.3) is 0 Å². The third-order valence-electron chi connectivity index (χ3n) is 5.14. The Hall–Kier alpha value is -2.67. The Kier molecular flexibility index (Phi) is 7.39. The van der Waals surface area contributed by atoms with Crippen LogP contribution in [0.3, 0.4) is 0 Å². The van der Waals surface area contributed by atoms with Crippen molar-refractivity contribution in [2.24, 2.45) is 5.92 Å². The van der Waals surface area contributed by atoms with Crippen LogP contribution in [0.5, 0.6) is 0 Å². The zero-order valence-electron chi connectivity index (χ0n) is 18.8. The zero-order chi connectivity index (χ0) is 23.5. The molecule has 0 spiro atoms. The van der Waals surface area contributed by atoms with Gasteiger partial charge in [-0.1, -0.05) is 59.3 Å². The number of carbonyl (C=O) groups is 3. The molecular formula is C25H28BrNO5. The van der Waals surface area contributed by atoms with E-state index in [2.05, 4.69) is 15.9 Å². The molecule has 1 aliphatic heterocycles. The lowest BCUT2D eigenvalue weighted by atomic mass is 10.0. The number of nitrogens with zero attached hydrogens (tertiary/aromatic N) is 1. The molecule has 2 aromatic rings. The summed E-state index contributed by atoms with van der Waals surface area (Å²) in [7, 11) is 0. The average Bonchev–Trinajstić information content (AvgIpc) is 3.13. The second-order valence-electron chi connectivity index (χ2n) is 9.10. The van der Waals surface area contributed by atoms with E-state index in [1.807, 2.05) is 43.3 Å². The molecule has 6 nitrogen and oxygen atoms in total. The third kappa shape index (κ3) is 6.19. The van der Waals surface area contributed by atoms with Crippen LogP contribution in [0.2, 0.25) is 0 Å². The molecule has 32 heavy (non-hydrogen) atoms. The molecular weight excluding hydrogens is 474 g/mol. The lowest BCUT2D eigenvalue weighted by Gasteiger charge is -2.27. The molecule has 170 valence electrons. The van der Waals surface area contributed by atoms with E-state index < -0.39 is 23.7 Å². The Morgan fingerprint density at radius 3 is 2.12 bits per heavy atom. The predicted octanol–water partition coefficient (Wildman–Crippen LogP) is 5.49. The van der Waals surface area contributed by atoms with Gasteiger partial charge in [0.15, 0.2) is 12.4 Å². The number of ketones is 1. The van der Waals surface area contributed by atoms with E-state index >= 15 is 0 Å². The molecule has 3 rings (SSSR count). The van der Waals surface area contributed by atoms with Gasteiger partial charge in [-0.25, -0.2) is 9.59 Å². The van der Waals surface area contributed by atoms with Crippen molar-refractivity contribution >= 4 is 33.8 Å². The van der Waals surface area contributed by atoms with Gasteiger partial charge < -0.3 is 9.47 Å². The van der Waals surface area contributed by atoms with Crippen LogP contribution in [-0.4, -0.2) is 47.5 Å². The fourth-order valence-electron chi connectivity index (χ4n) is 3.60. The summed E-state index contributed by atoms with van der Waals surface area (Å²) in [5.74, 6) is -0.738. The molecule has 1 saturated heterocycles. The normalized spacial score (nSPS) is 18.3. The molecule has 0 bridgehead atoms. The summed E-state index contributed by atoms with van der Waals surface area (Å²) >= 11 is 3.41. The average molecular weight is 502 g/mol. The number of benzene rings is 2. The minimum Gasteiger partial charge on any atom is -0.456 e. The number of ether oxygens (including phenoxy) is 2. The summed E-state index contributed by atoms with van der Waals surface area (Å²) < 4.78 is 11.7. The molecule has 1 fully saturated rings. The first-order chi connectivity index (χ1) is 15.0. The van der Waals surface area contributed by atoms with Crippen molar-refractivity contribution in [3.05, 3.63) is 58.6 Å². The molecule has 2 aromatic carbocycles. The van der Waals surface area contributed by atoms with E-state index in [1.165, 1.54) is 4.90 Å². The first-order valence-electron chi connectivity index (χ1n) is 10.6. The van der Waals surface area contributed by atoms with E-state index in [1.54, 1.807) is 32.9 Å². The van der Waals surface area contributed by atoms with E-state index in [9.17, 15) is 14.4 Å². The summed E-state index contributed by atoms with van der Waals surface area (Å²) in [5.41, 5.74) is 1.83. The van der Waals surface area contributed by atoms with Crippen molar-refractivity contribution in [1.82, 2.24) is 4.90 Å². The molecule has 0 radical (unpaired) electrons. The van der Waals surface area contributed by atoms with Crippen LogP contribution in [0, 0.1) is 5.92 Å². The van der Waals surface area contributed by atoms with Gasteiger partial charge in [-0.3, -0.25) is 9.69 Å². The Bertz CT molecular complexity index is 979. The molecule has 1 heterocycles. The summed E-state index contributed by atoms with van der Waals surface area (Å²) in [6.45, 7) is 7.33. The molecule has 2 atom stereocenters. The van der Waals surface area contributed by atoms with Crippen LogP contribution in [0.15, 0.2) is 53.0 Å². The van der Waals surface area contributed by atoms with Crippen LogP contribution in [0.1, 0.15) is 44.5 Å². The number of carbonyl (C=O) groups excluding carboxylic acids is 3. The smallest absolute Gasteiger partial charge is 0.411 e. The van der Waals surface area contributed by atoms with Gasteiger partial charge in [0.05, 0.1) is 0 Å². The van der Waals surface area contributed by atoms with Gasteiger partial charge in [0, 0.05) is 16.6 Å². The minimum atomic E-state index is -0.743. The maximum absolute atomic E-state index is 12.6. The zero-order valence-corrected chi connectivity index (χ0v) is 20.3. The Morgan fingerprint density at radius 1 is 1.00 bits per heavy atom. The van der Waals surface area contributed by atoms with Gasteiger partial charge in [-0.2, -0.15) is 0 Å². The number of hydrogen-bond donors (Lipinski definition) is 0. The molecule has 0 unspecified atom stereocenters. The number of hydrogen-bond acceptors (Lipinski definition) is 5. The monoisotopic (exact) mass is 501 g/mol. The first kappa shape index (κ1) is 24.0. The van der Waals surface area contributed by atoms with Gasteiger partial charge in [0.2, 0.25) is 0 Å². The largest absolute Gasteiger partial charge is 0.456 e. The Morgan fingerprint density at radius 2 is 1.56 bits per heavy atom. The summed E-state index contributed by atoms with van der Waals surface area (Å²) in [6.07, 6.45) is -0.0626. The maximum Gasteiger partial charge on any atom is 0.411 e. The van der Waals surface area contributed by atoms with Crippen molar-refractivity contribution in [3.63, 3.8) is 0 Å². The van der Waals surface area contributed by atoms with E-state index in [4.69, 9.17) is 9.47 Å². The molecule has 0 saturated carbocycles. The SMILES string of the molecule is C[C@H]1C[C@@H](C(=O)OCC(=O)c2ccc(-c3ccc(Br)cc3)cc2)N(C(=O)OC(C)(C)C)C1. The highest BCUT2D eigenvalue weighted by molar-refractivity contribution is 9.10. The van der Waals surface area contributed by atoms with E-state index in [-0.39, 0.29) is 18.3 Å². The van der Waals surface area contributed by atoms with Crippen molar-refractivity contribution in [1.29, 1.82) is 0 Å².